The second kappa shape index (κ2) is 8.03. The highest BCUT2D eigenvalue weighted by molar-refractivity contribution is 6.04. The van der Waals surface area contributed by atoms with Crippen LogP contribution in [0.5, 0.6) is 0 Å². The number of halogens is 4. The standard InChI is InChI=1S/C17H21F4NO4/c1-10(9-25-5)22(15(24)17(19,20)21)13-8-11(18)6-7-12(13)14(23)26-16(2,3)4/h6-8,10H,9H2,1-5H3/t10-/m0/s1. The highest BCUT2D eigenvalue weighted by atomic mass is 19.4. The van der Waals surface area contributed by atoms with E-state index in [1.165, 1.54) is 14.0 Å². The molecule has 1 atom stereocenters. The minimum atomic E-state index is -5.22. The highest BCUT2D eigenvalue weighted by Gasteiger charge is 2.45. The van der Waals surface area contributed by atoms with E-state index >= 15 is 0 Å². The summed E-state index contributed by atoms with van der Waals surface area (Å²) in [6, 6.07) is 1.46. The van der Waals surface area contributed by atoms with Crippen molar-refractivity contribution in [1.29, 1.82) is 0 Å². The zero-order valence-electron chi connectivity index (χ0n) is 15.1. The van der Waals surface area contributed by atoms with E-state index in [4.69, 9.17) is 9.47 Å². The van der Waals surface area contributed by atoms with Gasteiger partial charge in [0.25, 0.3) is 0 Å². The zero-order valence-corrected chi connectivity index (χ0v) is 15.1. The third kappa shape index (κ3) is 5.69. The van der Waals surface area contributed by atoms with Crippen LogP contribution in [-0.2, 0) is 14.3 Å². The van der Waals surface area contributed by atoms with Gasteiger partial charge in [-0.2, -0.15) is 13.2 Å². The molecule has 1 aromatic carbocycles. The van der Waals surface area contributed by atoms with Gasteiger partial charge in [-0.05, 0) is 45.9 Å². The highest BCUT2D eigenvalue weighted by Crippen LogP contribution is 2.30. The van der Waals surface area contributed by atoms with E-state index in [0.29, 0.717) is 11.0 Å². The number of hydrogen-bond acceptors (Lipinski definition) is 4. The fourth-order valence-corrected chi connectivity index (χ4v) is 2.21. The number of alkyl halides is 3. The molecule has 26 heavy (non-hydrogen) atoms. The van der Waals surface area contributed by atoms with E-state index in [2.05, 4.69) is 0 Å². The summed E-state index contributed by atoms with van der Waals surface area (Å²) in [6.45, 7) is 5.74. The Balaban J connectivity index is 3.52. The fraction of sp³-hybridized carbons (Fsp3) is 0.529. The molecule has 0 saturated carbocycles. The molecular weight excluding hydrogens is 358 g/mol. The number of benzene rings is 1. The zero-order chi connectivity index (χ0) is 20.3. The molecule has 9 heteroatoms. The topological polar surface area (TPSA) is 55.8 Å². The lowest BCUT2D eigenvalue weighted by Crippen LogP contribution is -2.48. The number of anilines is 1. The van der Waals surface area contributed by atoms with Gasteiger partial charge in [-0.15, -0.1) is 0 Å². The molecule has 0 fully saturated rings. The number of methoxy groups -OCH3 is 1. The molecule has 0 aliphatic heterocycles. The second-order valence-electron chi connectivity index (χ2n) is 6.64. The Morgan fingerprint density at radius 2 is 1.77 bits per heavy atom. The van der Waals surface area contributed by atoms with Crippen molar-refractivity contribution in [2.24, 2.45) is 0 Å². The van der Waals surface area contributed by atoms with Crippen LogP contribution < -0.4 is 4.90 Å². The molecule has 146 valence electrons. The van der Waals surface area contributed by atoms with Crippen molar-refractivity contribution in [3.05, 3.63) is 29.6 Å². The number of esters is 1. The molecule has 0 radical (unpaired) electrons. The van der Waals surface area contributed by atoms with Crippen LogP contribution in [0.25, 0.3) is 0 Å². The smallest absolute Gasteiger partial charge is 0.456 e. The lowest BCUT2D eigenvalue weighted by Gasteiger charge is -2.31. The van der Waals surface area contributed by atoms with Gasteiger partial charge >= 0.3 is 18.1 Å². The first-order valence-corrected chi connectivity index (χ1v) is 7.70. The van der Waals surface area contributed by atoms with Crippen molar-refractivity contribution in [2.75, 3.05) is 18.6 Å². The van der Waals surface area contributed by atoms with Crippen LogP contribution in [0, 0.1) is 5.82 Å². The Bertz CT molecular complexity index is 668. The largest absolute Gasteiger partial charge is 0.471 e. The quantitative estimate of drug-likeness (QED) is 0.578. The molecule has 1 aromatic rings. The Labute approximate surface area is 148 Å². The molecule has 0 heterocycles. The van der Waals surface area contributed by atoms with Crippen LogP contribution in [0.15, 0.2) is 18.2 Å². The molecule has 0 aromatic heterocycles. The number of carbonyl (C=O) groups is 2. The van der Waals surface area contributed by atoms with Crippen molar-refractivity contribution >= 4 is 17.6 Å². The first-order chi connectivity index (χ1) is 11.8. The van der Waals surface area contributed by atoms with Gasteiger partial charge in [-0.25, -0.2) is 9.18 Å². The number of ether oxygens (including phenoxy) is 2. The average Bonchev–Trinajstić information content (AvgIpc) is 2.44. The minimum absolute atomic E-state index is 0.258. The summed E-state index contributed by atoms with van der Waals surface area (Å²) >= 11 is 0. The molecule has 0 aliphatic carbocycles. The third-order valence-corrected chi connectivity index (χ3v) is 3.15. The van der Waals surface area contributed by atoms with Crippen molar-refractivity contribution in [3.8, 4) is 0 Å². The molecule has 0 unspecified atom stereocenters. The summed E-state index contributed by atoms with van der Waals surface area (Å²) < 4.78 is 62.8. The monoisotopic (exact) mass is 379 g/mol. The summed E-state index contributed by atoms with van der Waals surface area (Å²) in [5, 5.41) is 0. The van der Waals surface area contributed by atoms with E-state index in [1.807, 2.05) is 0 Å². The second-order valence-corrected chi connectivity index (χ2v) is 6.64. The van der Waals surface area contributed by atoms with Gasteiger partial charge in [0.15, 0.2) is 0 Å². The normalized spacial score (nSPS) is 13.3. The van der Waals surface area contributed by atoms with Gasteiger partial charge in [0.05, 0.1) is 23.9 Å². The Morgan fingerprint density at radius 3 is 2.23 bits per heavy atom. The first-order valence-electron chi connectivity index (χ1n) is 7.70. The molecule has 0 bridgehead atoms. The summed E-state index contributed by atoms with van der Waals surface area (Å²) in [5.41, 5.74) is -1.83. The summed E-state index contributed by atoms with van der Waals surface area (Å²) in [6.07, 6.45) is -5.22. The molecule has 1 rings (SSSR count). The lowest BCUT2D eigenvalue weighted by molar-refractivity contribution is -0.171. The van der Waals surface area contributed by atoms with Crippen LogP contribution in [0.1, 0.15) is 38.1 Å². The minimum Gasteiger partial charge on any atom is -0.456 e. The van der Waals surface area contributed by atoms with E-state index in [1.54, 1.807) is 20.8 Å². The van der Waals surface area contributed by atoms with Crippen LogP contribution in [0.4, 0.5) is 23.2 Å². The van der Waals surface area contributed by atoms with Crippen LogP contribution >= 0.6 is 0 Å². The molecule has 5 nitrogen and oxygen atoms in total. The predicted molar refractivity (Wildman–Crippen MR) is 86.4 cm³/mol. The first kappa shape index (κ1) is 21.9. The lowest BCUT2D eigenvalue weighted by atomic mass is 10.1. The van der Waals surface area contributed by atoms with Crippen molar-refractivity contribution in [2.45, 2.75) is 45.5 Å². The van der Waals surface area contributed by atoms with Crippen molar-refractivity contribution in [3.63, 3.8) is 0 Å². The maximum Gasteiger partial charge on any atom is 0.471 e. The van der Waals surface area contributed by atoms with Crippen LogP contribution in [-0.4, -0.2) is 43.4 Å². The van der Waals surface area contributed by atoms with E-state index < -0.39 is 41.2 Å². The number of hydrogen-bond donors (Lipinski definition) is 0. The summed E-state index contributed by atoms with van der Waals surface area (Å²) in [4.78, 5) is 24.6. The van der Waals surface area contributed by atoms with Gasteiger partial charge < -0.3 is 9.47 Å². The van der Waals surface area contributed by atoms with Gasteiger partial charge in [0, 0.05) is 7.11 Å². The number of carbonyl (C=O) groups excluding carboxylic acids is 2. The van der Waals surface area contributed by atoms with E-state index in [0.717, 1.165) is 12.1 Å². The molecule has 0 saturated heterocycles. The van der Waals surface area contributed by atoms with E-state index in [-0.39, 0.29) is 12.2 Å². The third-order valence-electron chi connectivity index (χ3n) is 3.15. The predicted octanol–water partition coefficient (Wildman–Crippen LogP) is 3.71. The number of rotatable bonds is 5. The molecule has 0 aliphatic rings. The molecule has 0 spiro atoms. The van der Waals surface area contributed by atoms with Gasteiger partial charge in [0.2, 0.25) is 0 Å². The van der Waals surface area contributed by atoms with Gasteiger partial charge in [-0.1, -0.05) is 0 Å². The molecule has 1 amide bonds. The van der Waals surface area contributed by atoms with Crippen LogP contribution in [0.2, 0.25) is 0 Å². The summed E-state index contributed by atoms with van der Waals surface area (Å²) in [7, 11) is 1.24. The van der Waals surface area contributed by atoms with Gasteiger partial charge in [-0.3, -0.25) is 9.69 Å². The number of amides is 1. The van der Waals surface area contributed by atoms with E-state index in [9.17, 15) is 27.2 Å². The average molecular weight is 379 g/mol. The molecule has 0 N–H and O–H groups in total. The van der Waals surface area contributed by atoms with Crippen molar-refractivity contribution in [1.82, 2.24) is 0 Å². The number of nitrogens with zero attached hydrogens (tertiary/aromatic N) is 1. The SMILES string of the molecule is COC[C@H](C)N(C(=O)C(F)(F)F)c1cc(F)ccc1C(=O)OC(C)(C)C. The molecular formula is C17H21F4NO4. The maximum atomic E-state index is 13.7. The van der Waals surface area contributed by atoms with Crippen molar-refractivity contribution < 1.29 is 36.6 Å². The summed E-state index contributed by atoms with van der Waals surface area (Å²) in [5.74, 6) is -4.12. The Hall–Kier alpha value is -2.16. The van der Waals surface area contributed by atoms with Gasteiger partial charge in [0.1, 0.15) is 11.4 Å². The fourth-order valence-electron chi connectivity index (χ4n) is 2.21. The Kier molecular flexibility index (Phi) is 6.76. The van der Waals surface area contributed by atoms with Crippen LogP contribution in [0.3, 0.4) is 0 Å². The Morgan fingerprint density at radius 1 is 1.19 bits per heavy atom. The maximum absolute atomic E-state index is 13.7.